The topological polar surface area (TPSA) is 62.5 Å². The number of hydrogen-bond acceptors (Lipinski definition) is 2. The van der Waals surface area contributed by atoms with E-state index in [0.717, 1.165) is 39.7 Å². The number of aromatic nitrogens is 1. The highest BCUT2D eigenvalue weighted by atomic mass is 19.1. The number of hydrogen-bond donors (Lipinski definition) is 1. The molecule has 3 aromatic carbocycles. The highest BCUT2D eigenvalue weighted by molar-refractivity contribution is 5.88. The van der Waals surface area contributed by atoms with Crippen LogP contribution in [0.15, 0.2) is 78.9 Å². The maximum absolute atomic E-state index is 14.3. The Labute approximate surface area is 222 Å². The summed E-state index contributed by atoms with van der Waals surface area (Å²) in [5.41, 5.74) is 4.85. The molecule has 1 aromatic heterocycles. The van der Waals surface area contributed by atoms with Crippen molar-refractivity contribution in [1.29, 1.82) is 0 Å². The standard InChI is InChI=1S/C32H33FN2O3/c1-3-28(32(37)38)35-29-16-14-23(33)18-26(29)27-19-24(15-17-30(27)35)34(2)31(36)20-25(21-10-6-4-7-11-21)22-12-8-5-9-13-22/h4-14,16,18,24-25,28H,3,15,17,19-20H2,1-2H3,(H,37,38)/t24-,28?/m0/s1. The number of carboxylic acid groups (broad SMARTS) is 1. The van der Waals surface area contributed by atoms with E-state index in [9.17, 15) is 19.1 Å². The average Bonchev–Trinajstić information content (AvgIpc) is 3.25. The lowest BCUT2D eigenvalue weighted by Crippen LogP contribution is -2.41. The Morgan fingerprint density at radius 2 is 1.66 bits per heavy atom. The lowest BCUT2D eigenvalue weighted by Gasteiger charge is -2.33. The first-order valence-corrected chi connectivity index (χ1v) is 13.3. The largest absolute Gasteiger partial charge is 0.480 e. The molecule has 6 heteroatoms. The predicted molar refractivity (Wildman–Crippen MR) is 147 cm³/mol. The van der Waals surface area contributed by atoms with Crippen molar-refractivity contribution >= 4 is 22.8 Å². The number of likely N-dealkylation sites (N-methyl/N-ethyl adjacent to an activating group) is 1. The molecule has 0 aliphatic heterocycles. The summed E-state index contributed by atoms with van der Waals surface area (Å²) in [7, 11) is 1.86. The van der Waals surface area contributed by atoms with Crippen molar-refractivity contribution < 1.29 is 19.1 Å². The van der Waals surface area contributed by atoms with E-state index in [1.54, 1.807) is 6.07 Å². The smallest absolute Gasteiger partial charge is 0.326 e. The molecule has 5 rings (SSSR count). The van der Waals surface area contributed by atoms with Gasteiger partial charge in [-0.15, -0.1) is 0 Å². The van der Waals surface area contributed by atoms with E-state index >= 15 is 0 Å². The fraction of sp³-hybridized carbons (Fsp3) is 0.312. The van der Waals surface area contributed by atoms with Gasteiger partial charge in [0.05, 0.1) is 0 Å². The molecule has 38 heavy (non-hydrogen) atoms. The molecule has 0 spiro atoms. The van der Waals surface area contributed by atoms with E-state index in [0.29, 0.717) is 25.7 Å². The van der Waals surface area contributed by atoms with Crippen molar-refractivity contribution in [2.75, 3.05) is 7.05 Å². The third-order valence-corrected chi connectivity index (χ3v) is 8.04. The molecule has 2 atom stereocenters. The van der Waals surface area contributed by atoms with E-state index in [2.05, 4.69) is 24.3 Å². The van der Waals surface area contributed by atoms with Crippen molar-refractivity contribution in [1.82, 2.24) is 9.47 Å². The van der Waals surface area contributed by atoms with Crippen molar-refractivity contribution in [2.45, 2.75) is 57.0 Å². The van der Waals surface area contributed by atoms with Crippen LogP contribution in [0.2, 0.25) is 0 Å². The second kappa shape index (κ2) is 10.8. The first-order valence-electron chi connectivity index (χ1n) is 13.3. The monoisotopic (exact) mass is 512 g/mol. The zero-order chi connectivity index (χ0) is 26.8. The maximum Gasteiger partial charge on any atom is 0.326 e. The van der Waals surface area contributed by atoms with Gasteiger partial charge >= 0.3 is 5.97 Å². The quantitative estimate of drug-likeness (QED) is 0.299. The third kappa shape index (κ3) is 4.83. The number of carboxylic acids is 1. The normalized spacial score (nSPS) is 15.8. The summed E-state index contributed by atoms with van der Waals surface area (Å²) in [5.74, 6) is -1.23. The zero-order valence-corrected chi connectivity index (χ0v) is 21.8. The number of carbonyl (C=O) groups excluding carboxylic acids is 1. The van der Waals surface area contributed by atoms with E-state index in [1.165, 1.54) is 12.1 Å². The molecule has 196 valence electrons. The number of nitrogens with zero attached hydrogens (tertiary/aromatic N) is 2. The molecule has 1 heterocycles. The van der Waals surface area contributed by atoms with Gasteiger partial charge in [-0.1, -0.05) is 67.6 Å². The van der Waals surface area contributed by atoms with Gasteiger partial charge in [0.2, 0.25) is 5.91 Å². The van der Waals surface area contributed by atoms with Gasteiger partial charge in [-0.25, -0.2) is 9.18 Å². The number of aliphatic carboxylic acids is 1. The summed E-state index contributed by atoms with van der Waals surface area (Å²) in [6.45, 7) is 1.86. The summed E-state index contributed by atoms with van der Waals surface area (Å²) in [4.78, 5) is 27.6. The van der Waals surface area contributed by atoms with E-state index in [4.69, 9.17) is 0 Å². The lowest BCUT2D eigenvalue weighted by molar-refractivity contribution is -0.141. The van der Waals surface area contributed by atoms with Gasteiger partial charge in [-0.05, 0) is 60.6 Å². The maximum atomic E-state index is 14.3. The Morgan fingerprint density at radius 1 is 1.03 bits per heavy atom. The summed E-state index contributed by atoms with van der Waals surface area (Å²) in [6.07, 6.45) is 2.72. The Balaban J connectivity index is 1.44. The summed E-state index contributed by atoms with van der Waals surface area (Å²) >= 11 is 0. The van der Waals surface area contributed by atoms with Crippen molar-refractivity contribution in [3.05, 3.63) is 107 Å². The minimum absolute atomic E-state index is 0.0468. The first kappa shape index (κ1) is 25.7. The van der Waals surface area contributed by atoms with Crippen LogP contribution in [0.4, 0.5) is 4.39 Å². The number of halogens is 1. The molecule has 1 aliphatic rings. The Morgan fingerprint density at radius 3 is 2.24 bits per heavy atom. The molecule has 0 saturated carbocycles. The second-order valence-corrected chi connectivity index (χ2v) is 10.2. The zero-order valence-electron chi connectivity index (χ0n) is 21.8. The van der Waals surface area contributed by atoms with Crippen LogP contribution in [0.25, 0.3) is 10.9 Å². The Hall–Kier alpha value is -3.93. The SMILES string of the molecule is CCC(C(=O)O)n1c2c(c3cc(F)ccc31)C[C@@H](N(C)C(=O)CC(c1ccccc1)c1ccccc1)CC2. The molecule has 1 unspecified atom stereocenters. The molecule has 1 N–H and O–H groups in total. The molecule has 4 aromatic rings. The molecule has 1 aliphatic carbocycles. The average molecular weight is 513 g/mol. The first-order chi connectivity index (χ1) is 18.4. The summed E-state index contributed by atoms with van der Waals surface area (Å²) in [5, 5.41) is 10.6. The minimum Gasteiger partial charge on any atom is -0.480 e. The predicted octanol–water partition coefficient (Wildman–Crippen LogP) is 6.35. The molecule has 5 nitrogen and oxygen atoms in total. The molecule has 1 amide bonds. The molecule has 0 bridgehead atoms. The Kier molecular flexibility index (Phi) is 7.32. The van der Waals surface area contributed by atoms with Crippen LogP contribution < -0.4 is 0 Å². The van der Waals surface area contributed by atoms with Crippen LogP contribution in [0.1, 0.15) is 60.5 Å². The number of amides is 1. The molecule has 0 radical (unpaired) electrons. The van der Waals surface area contributed by atoms with E-state index < -0.39 is 12.0 Å². The van der Waals surface area contributed by atoms with Gasteiger partial charge in [-0.3, -0.25) is 4.79 Å². The fourth-order valence-electron chi connectivity index (χ4n) is 6.02. The van der Waals surface area contributed by atoms with Gasteiger partial charge in [-0.2, -0.15) is 0 Å². The highest BCUT2D eigenvalue weighted by Gasteiger charge is 2.33. The third-order valence-electron chi connectivity index (χ3n) is 8.04. The summed E-state index contributed by atoms with van der Waals surface area (Å²) < 4.78 is 16.2. The number of benzene rings is 3. The van der Waals surface area contributed by atoms with Crippen LogP contribution in [-0.4, -0.2) is 39.5 Å². The highest BCUT2D eigenvalue weighted by Crippen LogP contribution is 2.37. The molecule has 0 saturated heterocycles. The van der Waals surface area contributed by atoms with Gasteiger partial charge in [0.15, 0.2) is 0 Å². The van der Waals surface area contributed by atoms with Crippen molar-refractivity contribution in [3.63, 3.8) is 0 Å². The van der Waals surface area contributed by atoms with Crippen molar-refractivity contribution in [2.24, 2.45) is 0 Å². The van der Waals surface area contributed by atoms with Gasteiger partial charge in [0, 0.05) is 42.0 Å². The molecular weight excluding hydrogens is 479 g/mol. The van der Waals surface area contributed by atoms with Crippen LogP contribution >= 0.6 is 0 Å². The summed E-state index contributed by atoms with van der Waals surface area (Å²) in [6, 6.07) is 24.0. The van der Waals surface area contributed by atoms with Crippen LogP contribution in [-0.2, 0) is 22.4 Å². The van der Waals surface area contributed by atoms with E-state index in [1.807, 2.05) is 59.8 Å². The van der Waals surface area contributed by atoms with Gasteiger partial charge in [0.25, 0.3) is 0 Å². The van der Waals surface area contributed by atoms with Crippen LogP contribution in [0, 0.1) is 5.82 Å². The number of fused-ring (bicyclic) bond motifs is 3. The van der Waals surface area contributed by atoms with Crippen LogP contribution in [0.5, 0.6) is 0 Å². The number of carbonyl (C=O) groups is 2. The van der Waals surface area contributed by atoms with Gasteiger partial charge < -0.3 is 14.6 Å². The lowest BCUT2D eigenvalue weighted by atomic mass is 9.87. The number of rotatable bonds is 8. The molecular formula is C32H33FN2O3. The Bertz CT molecular complexity index is 1410. The van der Waals surface area contributed by atoms with Crippen LogP contribution in [0.3, 0.4) is 0 Å². The van der Waals surface area contributed by atoms with Gasteiger partial charge in [0.1, 0.15) is 11.9 Å². The minimum atomic E-state index is -0.890. The second-order valence-electron chi connectivity index (χ2n) is 10.2. The molecule has 0 fully saturated rings. The van der Waals surface area contributed by atoms with Crippen molar-refractivity contribution in [3.8, 4) is 0 Å². The fourth-order valence-corrected chi connectivity index (χ4v) is 6.02. The van der Waals surface area contributed by atoms with E-state index in [-0.39, 0.29) is 23.7 Å².